The van der Waals surface area contributed by atoms with Gasteiger partial charge >= 0.3 is 6.09 Å². The number of ether oxygens (including phenoxy) is 1. The summed E-state index contributed by atoms with van der Waals surface area (Å²) in [5, 5.41) is -0.340. The molecule has 0 aliphatic rings. The van der Waals surface area contributed by atoms with Gasteiger partial charge in [0.1, 0.15) is 17.2 Å². The summed E-state index contributed by atoms with van der Waals surface area (Å²) in [6, 6.07) is 3.65. The van der Waals surface area contributed by atoms with Crippen molar-refractivity contribution >= 4 is 22.9 Å². The molecule has 0 atom stereocenters. The monoisotopic (exact) mass is 437 g/mol. The summed E-state index contributed by atoms with van der Waals surface area (Å²) in [6.45, 7) is 6.38. The van der Waals surface area contributed by atoms with Crippen molar-refractivity contribution in [3.05, 3.63) is 64.0 Å². The van der Waals surface area contributed by atoms with Gasteiger partial charge in [-0.05, 0) is 45.9 Å². The van der Waals surface area contributed by atoms with E-state index in [-0.39, 0.29) is 29.1 Å². The molecule has 0 saturated carbocycles. The zero-order valence-corrected chi connectivity index (χ0v) is 17.2. The molecule has 31 heavy (non-hydrogen) atoms. The van der Waals surface area contributed by atoms with Gasteiger partial charge in [-0.3, -0.25) is 4.79 Å². The molecule has 0 radical (unpaired) electrons. The molecule has 6 nitrogen and oxygen atoms in total. The van der Waals surface area contributed by atoms with Gasteiger partial charge in [-0.1, -0.05) is 0 Å². The van der Waals surface area contributed by atoms with E-state index < -0.39 is 40.5 Å². The minimum Gasteiger partial charge on any atom is -0.443 e. The maximum Gasteiger partial charge on any atom is 0.417 e. The molecular formula is C21H19F4N3O3. The van der Waals surface area contributed by atoms with E-state index >= 15 is 0 Å². The van der Waals surface area contributed by atoms with E-state index in [0.29, 0.717) is 18.2 Å². The van der Waals surface area contributed by atoms with Gasteiger partial charge in [0, 0.05) is 18.7 Å². The predicted octanol–water partition coefficient (Wildman–Crippen LogP) is 4.70. The zero-order chi connectivity index (χ0) is 23.1. The fourth-order valence-corrected chi connectivity index (χ4v) is 2.92. The molecule has 3 rings (SSSR count). The van der Waals surface area contributed by atoms with Gasteiger partial charge in [0.05, 0.1) is 16.6 Å². The average Bonchev–Trinajstić information content (AvgIpc) is 2.62. The molecule has 3 aromatic rings. The normalized spacial score (nSPS) is 11.6. The van der Waals surface area contributed by atoms with Crippen LogP contribution in [0.3, 0.4) is 0 Å². The maximum atomic E-state index is 13.9. The van der Waals surface area contributed by atoms with E-state index in [1.54, 1.807) is 27.7 Å². The number of nitrogens with zero attached hydrogens (tertiary/aromatic N) is 3. The third kappa shape index (κ3) is 4.52. The van der Waals surface area contributed by atoms with Crippen molar-refractivity contribution in [3.63, 3.8) is 0 Å². The standard InChI is InChI=1S/C21H19F4N3O3/c1-5-27(20(30)31-21(2,3)4)19-26-17-10-16(25)15(24)9-14(17)18(29)28(19)13-7-11(22)6-12(23)8-13/h6-10H,5H2,1-4H3. The number of rotatable bonds is 3. The molecule has 1 amide bonds. The van der Waals surface area contributed by atoms with Crippen LogP contribution in [0, 0.1) is 23.3 Å². The Bertz CT molecular complexity index is 1210. The molecule has 0 saturated heterocycles. The molecule has 0 spiro atoms. The Hall–Kier alpha value is -3.43. The Morgan fingerprint density at radius 2 is 1.61 bits per heavy atom. The quantitative estimate of drug-likeness (QED) is 0.557. The van der Waals surface area contributed by atoms with Crippen LogP contribution >= 0.6 is 0 Å². The number of fused-ring (bicyclic) bond motifs is 1. The van der Waals surface area contributed by atoms with Crippen LogP contribution in [0.1, 0.15) is 27.7 Å². The highest BCUT2D eigenvalue weighted by Gasteiger charge is 2.28. The molecule has 1 heterocycles. The summed E-state index contributed by atoms with van der Waals surface area (Å²) in [4.78, 5) is 31.0. The third-order valence-corrected chi connectivity index (χ3v) is 4.17. The second-order valence-electron chi connectivity index (χ2n) is 7.69. The highest BCUT2D eigenvalue weighted by atomic mass is 19.2. The summed E-state index contributed by atoms with van der Waals surface area (Å²) in [7, 11) is 0. The van der Waals surface area contributed by atoms with Gasteiger partial charge in [0.15, 0.2) is 11.6 Å². The van der Waals surface area contributed by atoms with Crippen molar-refractivity contribution < 1.29 is 27.1 Å². The van der Waals surface area contributed by atoms with E-state index in [2.05, 4.69) is 4.98 Å². The summed E-state index contributed by atoms with van der Waals surface area (Å²) in [5.41, 5.74) is -2.38. The predicted molar refractivity (Wildman–Crippen MR) is 106 cm³/mol. The number of hydrogen-bond donors (Lipinski definition) is 0. The van der Waals surface area contributed by atoms with Crippen molar-refractivity contribution in [2.45, 2.75) is 33.3 Å². The average molecular weight is 437 g/mol. The fraction of sp³-hybridized carbons (Fsp3) is 0.286. The molecule has 0 bridgehead atoms. The third-order valence-electron chi connectivity index (χ3n) is 4.17. The van der Waals surface area contributed by atoms with E-state index in [9.17, 15) is 27.2 Å². The lowest BCUT2D eigenvalue weighted by atomic mass is 10.2. The van der Waals surface area contributed by atoms with Crippen molar-refractivity contribution in [3.8, 4) is 5.69 Å². The number of benzene rings is 2. The molecule has 0 unspecified atom stereocenters. The summed E-state index contributed by atoms with van der Waals surface area (Å²) >= 11 is 0. The van der Waals surface area contributed by atoms with Crippen LogP contribution < -0.4 is 10.5 Å². The molecule has 0 aliphatic carbocycles. The highest BCUT2D eigenvalue weighted by Crippen LogP contribution is 2.24. The Labute approximate surface area is 174 Å². The zero-order valence-electron chi connectivity index (χ0n) is 17.2. The topological polar surface area (TPSA) is 64.4 Å². The molecule has 164 valence electrons. The van der Waals surface area contributed by atoms with Gasteiger partial charge in [-0.2, -0.15) is 0 Å². The highest BCUT2D eigenvalue weighted by molar-refractivity contribution is 5.88. The number of hydrogen-bond acceptors (Lipinski definition) is 4. The number of anilines is 1. The van der Waals surface area contributed by atoms with Gasteiger partial charge in [-0.15, -0.1) is 0 Å². The van der Waals surface area contributed by atoms with Crippen LogP contribution in [0.25, 0.3) is 16.6 Å². The maximum absolute atomic E-state index is 13.9. The Morgan fingerprint density at radius 1 is 1.03 bits per heavy atom. The second-order valence-corrected chi connectivity index (χ2v) is 7.69. The molecule has 10 heteroatoms. The first-order valence-electron chi connectivity index (χ1n) is 9.30. The SMILES string of the molecule is CCN(C(=O)OC(C)(C)C)c1nc2cc(F)c(F)cc2c(=O)n1-c1cc(F)cc(F)c1. The minimum atomic E-state index is -1.30. The van der Waals surface area contributed by atoms with Crippen molar-refractivity contribution in [1.29, 1.82) is 0 Å². The minimum absolute atomic E-state index is 0.0473. The first-order chi connectivity index (χ1) is 14.4. The fourth-order valence-electron chi connectivity index (χ4n) is 2.92. The lowest BCUT2D eigenvalue weighted by molar-refractivity contribution is 0.0579. The van der Waals surface area contributed by atoms with Crippen LogP contribution in [0.4, 0.5) is 28.3 Å². The van der Waals surface area contributed by atoms with Crippen molar-refractivity contribution in [1.82, 2.24) is 9.55 Å². The number of aromatic nitrogens is 2. The summed E-state index contributed by atoms with van der Waals surface area (Å²) in [6.07, 6.45) is -0.894. The Morgan fingerprint density at radius 3 is 2.16 bits per heavy atom. The Balaban J connectivity index is 2.38. The first-order valence-corrected chi connectivity index (χ1v) is 9.30. The number of halogens is 4. The van der Waals surface area contributed by atoms with Crippen LogP contribution in [0.15, 0.2) is 35.1 Å². The molecule has 0 N–H and O–H groups in total. The molecule has 2 aromatic carbocycles. The van der Waals surface area contributed by atoms with E-state index in [0.717, 1.165) is 21.6 Å². The summed E-state index contributed by atoms with van der Waals surface area (Å²) in [5.74, 6) is -4.89. The molecule has 0 aliphatic heterocycles. The second kappa shape index (κ2) is 8.01. The number of carbonyl (C=O) groups is 1. The van der Waals surface area contributed by atoms with E-state index in [1.165, 1.54) is 0 Å². The van der Waals surface area contributed by atoms with Crippen molar-refractivity contribution in [2.75, 3.05) is 11.4 Å². The summed E-state index contributed by atoms with van der Waals surface area (Å²) < 4.78 is 61.4. The van der Waals surface area contributed by atoms with Gasteiger partial charge < -0.3 is 4.74 Å². The largest absolute Gasteiger partial charge is 0.443 e. The number of carbonyl (C=O) groups excluding carboxylic acids is 1. The Kier molecular flexibility index (Phi) is 5.75. The first kappa shape index (κ1) is 22.3. The lowest BCUT2D eigenvalue weighted by Gasteiger charge is -2.27. The van der Waals surface area contributed by atoms with E-state index in [1.807, 2.05) is 0 Å². The van der Waals surface area contributed by atoms with E-state index in [4.69, 9.17) is 4.74 Å². The number of amides is 1. The molecular weight excluding hydrogens is 418 g/mol. The smallest absolute Gasteiger partial charge is 0.417 e. The van der Waals surface area contributed by atoms with Crippen LogP contribution in [0.2, 0.25) is 0 Å². The lowest BCUT2D eigenvalue weighted by Crippen LogP contribution is -2.40. The van der Waals surface area contributed by atoms with Crippen LogP contribution in [-0.4, -0.2) is 27.8 Å². The molecule has 0 fully saturated rings. The van der Waals surface area contributed by atoms with Crippen molar-refractivity contribution in [2.24, 2.45) is 0 Å². The van der Waals surface area contributed by atoms with Crippen LogP contribution in [-0.2, 0) is 4.74 Å². The van der Waals surface area contributed by atoms with Crippen LogP contribution in [0.5, 0.6) is 0 Å². The molecule has 1 aromatic heterocycles. The van der Waals surface area contributed by atoms with Gasteiger partial charge in [0.25, 0.3) is 5.56 Å². The van der Waals surface area contributed by atoms with Gasteiger partial charge in [0.2, 0.25) is 5.95 Å². The van der Waals surface area contributed by atoms with Gasteiger partial charge in [-0.25, -0.2) is 36.8 Å².